The predicted molar refractivity (Wildman–Crippen MR) is 107 cm³/mol. The quantitative estimate of drug-likeness (QED) is 0.808. The van der Waals surface area contributed by atoms with Crippen LogP contribution in [0.2, 0.25) is 0 Å². The summed E-state index contributed by atoms with van der Waals surface area (Å²) in [5.41, 5.74) is 3.75. The van der Waals surface area contributed by atoms with E-state index in [9.17, 15) is 14.4 Å². The molecular weight excluding hydrogens is 356 g/mol. The summed E-state index contributed by atoms with van der Waals surface area (Å²) in [5.74, 6) is -1.21. The maximum Gasteiger partial charge on any atom is 0.337 e. The lowest BCUT2D eigenvalue weighted by Gasteiger charge is -2.17. The average molecular weight is 380 g/mol. The molecule has 0 spiro atoms. The Hall–Kier alpha value is -3.15. The van der Waals surface area contributed by atoms with E-state index in [0.29, 0.717) is 17.8 Å². The van der Waals surface area contributed by atoms with Crippen molar-refractivity contribution in [2.24, 2.45) is 5.92 Å². The van der Waals surface area contributed by atoms with Gasteiger partial charge in [-0.05, 0) is 48.7 Å². The van der Waals surface area contributed by atoms with Crippen LogP contribution in [-0.4, -0.2) is 31.4 Å². The molecule has 1 saturated heterocycles. The number of esters is 1. The molecule has 0 radical (unpaired) electrons. The second kappa shape index (κ2) is 8.25. The summed E-state index contributed by atoms with van der Waals surface area (Å²) < 4.78 is 4.73. The molecule has 6 nitrogen and oxygen atoms in total. The van der Waals surface area contributed by atoms with Crippen molar-refractivity contribution < 1.29 is 19.1 Å². The van der Waals surface area contributed by atoms with Gasteiger partial charge in [0.2, 0.25) is 11.8 Å². The molecule has 2 aromatic rings. The third-order valence-corrected chi connectivity index (χ3v) is 5.07. The van der Waals surface area contributed by atoms with Crippen LogP contribution in [0.4, 0.5) is 11.4 Å². The maximum atomic E-state index is 12.7. The number of aryl methyl sites for hydroxylation is 2. The van der Waals surface area contributed by atoms with E-state index in [-0.39, 0.29) is 18.2 Å². The molecule has 1 atom stereocenters. The first kappa shape index (κ1) is 19.6. The zero-order valence-corrected chi connectivity index (χ0v) is 16.3. The SMILES string of the molecule is CCc1ccc(N2CC(C(=O)Nc3cc(C(=O)OC)ccc3C)CC2=O)cc1. The first-order valence-electron chi connectivity index (χ1n) is 9.32. The number of methoxy groups -OCH3 is 1. The molecule has 0 saturated carbocycles. The molecule has 1 unspecified atom stereocenters. The molecular formula is C22H24N2O4. The summed E-state index contributed by atoms with van der Waals surface area (Å²) in [6.07, 6.45) is 1.10. The Balaban J connectivity index is 1.72. The van der Waals surface area contributed by atoms with Crippen LogP contribution in [0.15, 0.2) is 42.5 Å². The fourth-order valence-electron chi connectivity index (χ4n) is 3.28. The number of hydrogen-bond donors (Lipinski definition) is 1. The van der Waals surface area contributed by atoms with E-state index in [4.69, 9.17) is 4.74 Å². The van der Waals surface area contributed by atoms with Crippen molar-refractivity contribution in [1.29, 1.82) is 0 Å². The van der Waals surface area contributed by atoms with Crippen molar-refractivity contribution in [3.05, 3.63) is 59.2 Å². The van der Waals surface area contributed by atoms with Crippen LogP contribution in [0.3, 0.4) is 0 Å². The zero-order valence-electron chi connectivity index (χ0n) is 16.3. The third kappa shape index (κ3) is 4.06. The topological polar surface area (TPSA) is 75.7 Å². The molecule has 1 fully saturated rings. The van der Waals surface area contributed by atoms with Crippen LogP contribution < -0.4 is 10.2 Å². The molecule has 0 bridgehead atoms. The average Bonchev–Trinajstić information content (AvgIpc) is 3.11. The van der Waals surface area contributed by atoms with Gasteiger partial charge >= 0.3 is 5.97 Å². The Bertz CT molecular complexity index is 905. The molecule has 1 aliphatic heterocycles. The molecule has 3 rings (SSSR count). The fourth-order valence-corrected chi connectivity index (χ4v) is 3.28. The van der Waals surface area contributed by atoms with Crippen molar-refractivity contribution in [3.63, 3.8) is 0 Å². The Morgan fingerprint density at radius 2 is 1.89 bits per heavy atom. The standard InChI is InChI=1S/C22H24N2O4/c1-4-15-6-9-18(10-7-15)24-13-17(12-20(24)25)21(26)23-19-11-16(22(27)28-3)8-5-14(19)2/h5-11,17H,4,12-13H2,1-3H3,(H,23,26). The highest BCUT2D eigenvalue weighted by molar-refractivity contribution is 6.04. The van der Waals surface area contributed by atoms with Gasteiger partial charge in [0, 0.05) is 24.3 Å². The molecule has 1 N–H and O–H groups in total. The molecule has 2 aromatic carbocycles. The summed E-state index contributed by atoms with van der Waals surface area (Å²) in [4.78, 5) is 38.5. The molecule has 0 aliphatic carbocycles. The van der Waals surface area contributed by atoms with E-state index >= 15 is 0 Å². The molecule has 2 amide bonds. The number of nitrogens with zero attached hydrogens (tertiary/aromatic N) is 1. The number of nitrogens with one attached hydrogen (secondary N) is 1. The highest BCUT2D eigenvalue weighted by atomic mass is 16.5. The maximum absolute atomic E-state index is 12.7. The summed E-state index contributed by atoms with van der Waals surface area (Å²) in [6, 6.07) is 12.8. The molecule has 1 heterocycles. The number of ether oxygens (including phenoxy) is 1. The predicted octanol–water partition coefficient (Wildman–Crippen LogP) is 3.34. The van der Waals surface area contributed by atoms with Gasteiger partial charge in [-0.3, -0.25) is 9.59 Å². The van der Waals surface area contributed by atoms with Crippen molar-refractivity contribution in [2.75, 3.05) is 23.9 Å². The van der Waals surface area contributed by atoms with Crippen LogP contribution in [0.5, 0.6) is 0 Å². The lowest BCUT2D eigenvalue weighted by molar-refractivity contribution is -0.122. The van der Waals surface area contributed by atoms with E-state index in [1.165, 1.54) is 12.7 Å². The lowest BCUT2D eigenvalue weighted by Crippen LogP contribution is -2.28. The number of carbonyl (C=O) groups excluding carboxylic acids is 3. The van der Waals surface area contributed by atoms with Crippen molar-refractivity contribution in [1.82, 2.24) is 0 Å². The van der Waals surface area contributed by atoms with Gasteiger partial charge in [-0.2, -0.15) is 0 Å². The van der Waals surface area contributed by atoms with Gasteiger partial charge in [0.25, 0.3) is 0 Å². The van der Waals surface area contributed by atoms with Gasteiger partial charge in [0.15, 0.2) is 0 Å². The van der Waals surface area contributed by atoms with E-state index in [1.807, 2.05) is 31.2 Å². The van der Waals surface area contributed by atoms with Gasteiger partial charge in [0.1, 0.15) is 0 Å². The van der Waals surface area contributed by atoms with E-state index in [2.05, 4.69) is 12.2 Å². The lowest BCUT2D eigenvalue weighted by atomic mass is 10.1. The van der Waals surface area contributed by atoms with Gasteiger partial charge < -0.3 is 15.0 Å². The Morgan fingerprint density at radius 1 is 1.18 bits per heavy atom. The minimum Gasteiger partial charge on any atom is -0.465 e. The highest BCUT2D eigenvalue weighted by Crippen LogP contribution is 2.27. The van der Waals surface area contributed by atoms with Crippen LogP contribution in [0.25, 0.3) is 0 Å². The Kier molecular flexibility index (Phi) is 5.78. The first-order valence-corrected chi connectivity index (χ1v) is 9.32. The van der Waals surface area contributed by atoms with Gasteiger partial charge in [-0.25, -0.2) is 4.79 Å². The van der Waals surface area contributed by atoms with Gasteiger partial charge in [-0.1, -0.05) is 25.1 Å². The second-order valence-corrected chi connectivity index (χ2v) is 6.94. The Morgan fingerprint density at radius 3 is 2.54 bits per heavy atom. The minimum atomic E-state index is -0.465. The summed E-state index contributed by atoms with van der Waals surface area (Å²) in [5, 5.41) is 2.86. The largest absolute Gasteiger partial charge is 0.465 e. The monoisotopic (exact) mass is 380 g/mol. The first-order chi connectivity index (χ1) is 13.4. The zero-order chi connectivity index (χ0) is 20.3. The number of anilines is 2. The normalized spacial score (nSPS) is 16.2. The molecule has 28 heavy (non-hydrogen) atoms. The van der Waals surface area contributed by atoms with Crippen LogP contribution in [-0.2, 0) is 20.7 Å². The Labute approximate surface area is 164 Å². The fraction of sp³-hybridized carbons (Fsp3) is 0.318. The van der Waals surface area contributed by atoms with Crippen LogP contribution >= 0.6 is 0 Å². The molecule has 146 valence electrons. The summed E-state index contributed by atoms with van der Waals surface area (Å²) in [6.45, 7) is 4.26. The van der Waals surface area contributed by atoms with E-state index in [1.54, 1.807) is 23.1 Å². The molecule has 1 aliphatic rings. The van der Waals surface area contributed by atoms with Crippen molar-refractivity contribution >= 4 is 29.2 Å². The van der Waals surface area contributed by atoms with E-state index in [0.717, 1.165) is 17.7 Å². The number of amides is 2. The second-order valence-electron chi connectivity index (χ2n) is 6.94. The van der Waals surface area contributed by atoms with E-state index < -0.39 is 11.9 Å². The number of rotatable bonds is 5. The van der Waals surface area contributed by atoms with Crippen LogP contribution in [0.1, 0.15) is 34.8 Å². The molecule has 0 aromatic heterocycles. The minimum absolute atomic E-state index is 0.0653. The van der Waals surface area contributed by atoms with Gasteiger partial charge in [0.05, 0.1) is 18.6 Å². The van der Waals surface area contributed by atoms with Crippen molar-refractivity contribution in [2.45, 2.75) is 26.7 Å². The number of benzene rings is 2. The summed E-state index contributed by atoms with van der Waals surface area (Å²) >= 11 is 0. The third-order valence-electron chi connectivity index (χ3n) is 5.07. The summed E-state index contributed by atoms with van der Waals surface area (Å²) in [7, 11) is 1.31. The number of hydrogen-bond acceptors (Lipinski definition) is 4. The molecule has 6 heteroatoms. The number of carbonyl (C=O) groups is 3. The smallest absolute Gasteiger partial charge is 0.337 e. The van der Waals surface area contributed by atoms with Crippen LogP contribution in [0, 0.1) is 12.8 Å². The van der Waals surface area contributed by atoms with Gasteiger partial charge in [-0.15, -0.1) is 0 Å². The highest BCUT2D eigenvalue weighted by Gasteiger charge is 2.35. The van der Waals surface area contributed by atoms with Crippen molar-refractivity contribution in [3.8, 4) is 0 Å².